The SMILES string of the molecule is Cc1nc(S(=O)(=O)N2CCC(C(=O)Nc3cccc(Cl)c3N3CCOCC3)CC2)cn1C. The number of morpholine rings is 1. The molecule has 0 atom stereocenters. The second kappa shape index (κ2) is 9.38. The quantitative estimate of drug-likeness (QED) is 0.703. The Morgan fingerprint density at radius 2 is 1.88 bits per heavy atom. The lowest BCUT2D eigenvalue weighted by Gasteiger charge is -2.32. The van der Waals surface area contributed by atoms with Crippen LogP contribution in [0.1, 0.15) is 18.7 Å². The van der Waals surface area contributed by atoms with Crippen LogP contribution in [0.15, 0.2) is 29.4 Å². The lowest BCUT2D eigenvalue weighted by atomic mass is 9.97. The number of amides is 1. The summed E-state index contributed by atoms with van der Waals surface area (Å²) in [6.07, 6.45) is 2.42. The van der Waals surface area contributed by atoms with Crippen molar-refractivity contribution in [3.05, 3.63) is 35.2 Å². The maximum atomic E-state index is 13.0. The number of hydrogen-bond donors (Lipinski definition) is 1. The molecule has 2 aromatic rings. The Hall–Kier alpha value is -2.14. The first kappa shape index (κ1) is 23.0. The van der Waals surface area contributed by atoms with E-state index in [1.807, 2.05) is 18.2 Å². The van der Waals surface area contributed by atoms with E-state index in [4.69, 9.17) is 16.3 Å². The van der Waals surface area contributed by atoms with E-state index in [0.717, 1.165) is 5.69 Å². The average molecular weight is 482 g/mol. The van der Waals surface area contributed by atoms with E-state index in [0.29, 0.717) is 55.7 Å². The van der Waals surface area contributed by atoms with E-state index in [1.54, 1.807) is 18.5 Å². The van der Waals surface area contributed by atoms with Crippen molar-refractivity contribution in [2.75, 3.05) is 49.6 Å². The van der Waals surface area contributed by atoms with Crippen LogP contribution in [0.25, 0.3) is 0 Å². The highest BCUT2D eigenvalue weighted by Gasteiger charge is 2.34. The number of rotatable bonds is 5. The van der Waals surface area contributed by atoms with Crippen LogP contribution in [0.3, 0.4) is 0 Å². The molecule has 1 amide bonds. The first-order valence-corrected chi connectivity index (χ1v) is 12.5. The predicted octanol–water partition coefficient (Wildman–Crippen LogP) is 2.26. The van der Waals surface area contributed by atoms with Gasteiger partial charge in [0.15, 0.2) is 5.03 Å². The number of benzene rings is 1. The smallest absolute Gasteiger partial charge is 0.262 e. The number of piperidine rings is 1. The molecule has 2 aliphatic heterocycles. The van der Waals surface area contributed by atoms with Crippen LogP contribution in [0.4, 0.5) is 11.4 Å². The highest BCUT2D eigenvalue weighted by molar-refractivity contribution is 7.89. The number of aryl methyl sites for hydroxylation is 2. The largest absolute Gasteiger partial charge is 0.378 e. The van der Waals surface area contributed by atoms with Crippen LogP contribution in [-0.2, 0) is 26.6 Å². The molecule has 11 heteroatoms. The number of ether oxygens (including phenoxy) is 1. The third-order valence-corrected chi connectivity index (χ3v) is 8.16. The molecule has 9 nitrogen and oxygen atoms in total. The number of anilines is 2. The number of aromatic nitrogens is 2. The zero-order chi connectivity index (χ0) is 22.9. The van der Waals surface area contributed by atoms with Gasteiger partial charge in [-0.25, -0.2) is 13.4 Å². The van der Waals surface area contributed by atoms with E-state index >= 15 is 0 Å². The van der Waals surface area contributed by atoms with Crippen LogP contribution >= 0.6 is 11.6 Å². The monoisotopic (exact) mass is 481 g/mol. The number of halogens is 1. The molecule has 32 heavy (non-hydrogen) atoms. The first-order chi connectivity index (χ1) is 15.3. The molecule has 174 valence electrons. The van der Waals surface area contributed by atoms with Gasteiger partial charge in [0.05, 0.1) is 29.6 Å². The van der Waals surface area contributed by atoms with Crippen LogP contribution in [0.2, 0.25) is 5.02 Å². The van der Waals surface area contributed by atoms with Crippen molar-refractivity contribution < 1.29 is 17.9 Å². The molecular weight excluding hydrogens is 454 g/mol. The standard InChI is InChI=1S/C21H28ClN5O4S/c1-15-23-19(14-25(15)2)32(29,30)27-8-6-16(7-9-27)21(28)24-18-5-3-4-17(22)20(18)26-10-12-31-13-11-26/h3-5,14,16H,6-13H2,1-2H3,(H,24,28). The third kappa shape index (κ3) is 4.63. The summed E-state index contributed by atoms with van der Waals surface area (Å²) < 4.78 is 34.3. The molecule has 1 aromatic carbocycles. The van der Waals surface area contributed by atoms with E-state index in [1.165, 1.54) is 10.5 Å². The molecule has 0 saturated carbocycles. The molecule has 0 spiro atoms. The Balaban J connectivity index is 1.42. The fourth-order valence-electron chi connectivity index (χ4n) is 4.10. The topological polar surface area (TPSA) is 96.8 Å². The third-order valence-electron chi connectivity index (χ3n) is 6.09. The van der Waals surface area contributed by atoms with Crippen LogP contribution in [0, 0.1) is 12.8 Å². The second-order valence-electron chi connectivity index (χ2n) is 8.14. The average Bonchev–Trinajstić information content (AvgIpc) is 3.13. The van der Waals surface area contributed by atoms with Gasteiger partial charge in [0.2, 0.25) is 5.91 Å². The number of para-hydroxylation sites is 1. The Bertz CT molecular complexity index is 1070. The Labute approximate surface area is 193 Å². The number of imidazole rings is 1. The Kier molecular flexibility index (Phi) is 6.75. The predicted molar refractivity (Wildman–Crippen MR) is 123 cm³/mol. The minimum atomic E-state index is -3.66. The molecule has 0 aliphatic carbocycles. The summed E-state index contributed by atoms with van der Waals surface area (Å²) in [5.74, 6) is 0.242. The fraction of sp³-hybridized carbons (Fsp3) is 0.524. The second-order valence-corrected chi connectivity index (χ2v) is 10.4. The van der Waals surface area contributed by atoms with Crippen molar-refractivity contribution in [3.63, 3.8) is 0 Å². The van der Waals surface area contributed by atoms with Gasteiger partial charge in [0, 0.05) is 45.3 Å². The van der Waals surface area contributed by atoms with Crippen molar-refractivity contribution in [1.82, 2.24) is 13.9 Å². The molecule has 0 bridgehead atoms. The minimum Gasteiger partial charge on any atom is -0.378 e. The van der Waals surface area contributed by atoms with Gasteiger partial charge < -0.3 is 19.5 Å². The van der Waals surface area contributed by atoms with Crippen molar-refractivity contribution in [1.29, 1.82) is 0 Å². The fourth-order valence-corrected chi connectivity index (χ4v) is 5.89. The lowest BCUT2D eigenvalue weighted by molar-refractivity contribution is -0.120. The molecule has 2 aliphatic rings. The number of sulfonamides is 1. The van der Waals surface area contributed by atoms with Gasteiger partial charge in [-0.2, -0.15) is 4.31 Å². The number of nitrogens with one attached hydrogen (secondary N) is 1. The van der Waals surface area contributed by atoms with Gasteiger partial charge >= 0.3 is 0 Å². The zero-order valence-corrected chi connectivity index (χ0v) is 19.8. The van der Waals surface area contributed by atoms with E-state index in [2.05, 4.69) is 15.2 Å². The van der Waals surface area contributed by atoms with E-state index in [-0.39, 0.29) is 29.9 Å². The Morgan fingerprint density at radius 1 is 1.19 bits per heavy atom. The molecule has 4 rings (SSSR count). The summed E-state index contributed by atoms with van der Waals surface area (Å²) in [4.78, 5) is 19.3. The summed E-state index contributed by atoms with van der Waals surface area (Å²) in [7, 11) is -1.90. The van der Waals surface area contributed by atoms with Crippen LogP contribution in [0.5, 0.6) is 0 Å². The molecular formula is C21H28ClN5O4S. The summed E-state index contributed by atoms with van der Waals surface area (Å²) >= 11 is 6.46. The van der Waals surface area contributed by atoms with Crippen molar-refractivity contribution in [2.24, 2.45) is 13.0 Å². The molecule has 0 radical (unpaired) electrons. The minimum absolute atomic E-state index is 0.0504. The number of nitrogens with zero attached hydrogens (tertiary/aromatic N) is 4. The lowest BCUT2D eigenvalue weighted by Crippen LogP contribution is -2.41. The molecule has 1 N–H and O–H groups in total. The molecule has 1 aromatic heterocycles. The molecule has 0 unspecified atom stereocenters. The van der Waals surface area contributed by atoms with Gasteiger partial charge in [0.1, 0.15) is 5.82 Å². The number of hydrogen-bond acceptors (Lipinski definition) is 6. The van der Waals surface area contributed by atoms with Gasteiger partial charge in [-0.15, -0.1) is 0 Å². The highest BCUT2D eigenvalue weighted by atomic mass is 35.5. The first-order valence-electron chi connectivity index (χ1n) is 10.7. The van der Waals surface area contributed by atoms with Gasteiger partial charge in [-0.3, -0.25) is 4.79 Å². The summed E-state index contributed by atoms with van der Waals surface area (Å²) in [5, 5.41) is 3.66. The van der Waals surface area contributed by atoms with Crippen molar-refractivity contribution in [2.45, 2.75) is 24.8 Å². The van der Waals surface area contributed by atoms with Gasteiger partial charge in [-0.1, -0.05) is 17.7 Å². The van der Waals surface area contributed by atoms with Gasteiger partial charge in [-0.05, 0) is 31.9 Å². The molecule has 2 saturated heterocycles. The maximum absolute atomic E-state index is 13.0. The van der Waals surface area contributed by atoms with E-state index < -0.39 is 10.0 Å². The maximum Gasteiger partial charge on any atom is 0.262 e. The zero-order valence-electron chi connectivity index (χ0n) is 18.3. The van der Waals surface area contributed by atoms with Crippen LogP contribution < -0.4 is 10.2 Å². The normalized spacial score (nSPS) is 18.7. The van der Waals surface area contributed by atoms with Crippen molar-refractivity contribution in [3.8, 4) is 0 Å². The molecule has 3 heterocycles. The van der Waals surface area contributed by atoms with Crippen LogP contribution in [-0.4, -0.2) is 67.6 Å². The van der Waals surface area contributed by atoms with Crippen molar-refractivity contribution >= 4 is 38.9 Å². The summed E-state index contributed by atoms with van der Waals surface area (Å²) in [6.45, 7) is 4.95. The molecule has 2 fully saturated rings. The Morgan fingerprint density at radius 3 is 2.50 bits per heavy atom. The van der Waals surface area contributed by atoms with E-state index in [9.17, 15) is 13.2 Å². The number of carbonyl (C=O) groups is 1. The van der Waals surface area contributed by atoms with Gasteiger partial charge in [0.25, 0.3) is 10.0 Å². The summed E-state index contributed by atoms with van der Waals surface area (Å²) in [6, 6.07) is 5.47. The highest BCUT2D eigenvalue weighted by Crippen LogP contribution is 2.35. The summed E-state index contributed by atoms with van der Waals surface area (Å²) in [5.41, 5.74) is 1.47. The number of carbonyl (C=O) groups excluding carboxylic acids is 1.